The van der Waals surface area contributed by atoms with Gasteiger partial charge in [-0.1, -0.05) is 0 Å². The number of rotatable bonds is 2. The van der Waals surface area contributed by atoms with E-state index in [-0.39, 0.29) is 22.1 Å². The molecule has 0 fully saturated rings. The highest BCUT2D eigenvalue weighted by Gasteiger charge is 2.07. The van der Waals surface area contributed by atoms with Crippen molar-refractivity contribution in [1.29, 1.82) is 0 Å². The lowest BCUT2D eigenvalue weighted by Crippen LogP contribution is -2.21. The van der Waals surface area contributed by atoms with Gasteiger partial charge < -0.3 is 0 Å². The zero-order valence-corrected chi connectivity index (χ0v) is 10.1. The van der Waals surface area contributed by atoms with Crippen molar-refractivity contribution in [3.8, 4) is 0 Å². The van der Waals surface area contributed by atoms with Crippen molar-refractivity contribution >= 4 is 15.9 Å². The lowest BCUT2D eigenvalue weighted by Gasteiger charge is -2.06. The van der Waals surface area contributed by atoms with E-state index in [1.165, 1.54) is 17.1 Å². The zero-order valence-electron chi connectivity index (χ0n) is 8.53. The van der Waals surface area contributed by atoms with Gasteiger partial charge in [0.25, 0.3) is 5.56 Å². The second-order valence-corrected chi connectivity index (χ2v) is 4.26. The van der Waals surface area contributed by atoms with E-state index in [2.05, 4.69) is 20.9 Å². The molecule has 6 heteroatoms. The van der Waals surface area contributed by atoms with Gasteiger partial charge in [-0.15, -0.1) is 0 Å². The van der Waals surface area contributed by atoms with E-state index in [1.807, 2.05) is 0 Å². The summed E-state index contributed by atoms with van der Waals surface area (Å²) in [5.74, 6) is -1.10. The van der Waals surface area contributed by atoms with Gasteiger partial charge in [0.2, 0.25) is 0 Å². The molecule has 0 aliphatic rings. The van der Waals surface area contributed by atoms with Crippen LogP contribution in [0.2, 0.25) is 0 Å². The van der Waals surface area contributed by atoms with Gasteiger partial charge in [-0.25, -0.2) is 13.8 Å². The van der Waals surface area contributed by atoms with Crippen LogP contribution in [0.5, 0.6) is 0 Å². The molecule has 0 aliphatic heterocycles. The second kappa shape index (κ2) is 4.75. The molecule has 0 bridgehead atoms. The zero-order chi connectivity index (χ0) is 12.4. The van der Waals surface area contributed by atoms with Gasteiger partial charge >= 0.3 is 0 Å². The minimum absolute atomic E-state index is 0.0606. The lowest BCUT2D eigenvalue weighted by molar-refractivity contribution is 0.572. The van der Waals surface area contributed by atoms with Crippen LogP contribution >= 0.6 is 15.9 Å². The molecule has 0 atom stereocenters. The van der Waals surface area contributed by atoms with Gasteiger partial charge in [0.1, 0.15) is 16.1 Å². The molecule has 0 aliphatic carbocycles. The van der Waals surface area contributed by atoms with Crippen LogP contribution in [-0.4, -0.2) is 9.55 Å². The third kappa shape index (κ3) is 2.58. The Morgan fingerprint density at radius 3 is 2.88 bits per heavy atom. The fourth-order valence-corrected chi connectivity index (χ4v) is 1.73. The molecule has 0 saturated carbocycles. The number of aromatic nitrogens is 2. The van der Waals surface area contributed by atoms with Crippen molar-refractivity contribution in [2.24, 2.45) is 0 Å². The van der Waals surface area contributed by atoms with E-state index in [0.717, 1.165) is 18.2 Å². The maximum absolute atomic E-state index is 13.4. The van der Waals surface area contributed by atoms with E-state index in [1.54, 1.807) is 0 Å². The maximum atomic E-state index is 13.4. The Hall–Kier alpha value is -1.56. The van der Waals surface area contributed by atoms with Gasteiger partial charge in [-0.3, -0.25) is 9.36 Å². The topological polar surface area (TPSA) is 34.9 Å². The summed E-state index contributed by atoms with van der Waals surface area (Å²) in [6.45, 7) is -0.0606. The van der Waals surface area contributed by atoms with E-state index >= 15 is 0 Å². The van der Waals surface area contributed by atoms with Gasteiger partial charge in [0.05, 0.1) is 12.9 Å². The molecule has 0 saturated heterocycles. The first kappa shape index (κ1) is 11.9. The number of halogens is 3. The lowest BCUT2D eigenvalue weighted by atomic mass is 10.2. The standard InChI is InChI=1S/C11H7BrF2N2O/c12-9-4-15-6-16(11(9)17)5-7-3-8(13)1-2-10(7)14/h1-4,6H,5H2. The summed E-state index contributed by atoms with van der Waals surface area (Å²) >= 11 is 3.03. The molecule has 2 rings (SSSR count). The Bertz CT molecular complexity index is 613. The van der Waals surface area contributed by atoms with Crippen LogP contribution in [0.4, 0.5) is 8.78 Å². The third-order valence-corrected chi connectivity index (χ3v) is 2.75. The maximum Gasteiger partial charge on any atom is 0.267 e. The molecule has 3 nitrogen and oxygen atoms in total. The second-order valence-electron chi connectivity index (χ2n) is 3.41. The fourth-order valence-electron chi connectivity index (χ4n) is 1.38. The van der Waals surface area contributed by atoms with Crippen LogP contribution in [0.25, 0.3) is 0 Å². The predicted octanol–water partition coefficient (Wildman–Crippen LogP) is 2.33. The molecule has 17 heavy (non-hydrogen) atoms. The SMILES string of the molecule is O=c1c(Br)cncn1Cc1cc(F)ccc1F. The Morgan fingerprint density at radius 1 is 1.35 bits per heavy atom. The van der Waals surface area contributed by atoms with Crippen LogP contribution in [0.15, 0.2) is 40.0 Å². The van der Waals surface area contributed by atoms with Crippen LogP contribution in [0.3, 0.4) is 0 Å². The van der Waals surface area contributed by atoms with E-state index in [4.69, 9.17) is 0 Å². The number of hydrogen-bond acceptors (Lipinski definition) is 2. The minimum atomic E-state index is -0.557. The minimum Gasteiger partial charge on any atom is -0.294 e. The Labute approximate surface area is 104 Å². The van der Waals surface area contributed by atoms with Gasteiger partial charge in [0.15, 0.2) is 0 Å². The van der Waals surface area contributed by atoms with Crippen molar-refractivity contribution in [2.75, 3.05) is 0 Å². The average molecular weight is 301 g/mol. The summed E-state index contributed by atoms with van der Waals surface area (Å²) in [6, 6.07) is 3.12. The molecule has 0 spiro atoms. The monoisotopic (exact) mass is 300 g/mol. The van der Waals surface area contributed by atoms with Crippen molar-refractivity contribution in [1.82, 2.24) is 9.55 Å². The first-order valence-corrected chi connectivity index (χ1v) is 5.51. The molecule has 0 unspecified atom stereocenters. The molecular weight excluding hydrogens is 294 g/mol. The van der Waals surface area contributed by atoms with Crippen molar-refractivity contribution in [3.63, 3.8) is 0 Å². The Kier molecular flexibility index (Phi) is 3.33. The van der Waals surface area contributed by atoms with Crippen LogP contribution in [-0.2, 0) is 6.54 Å². The van der Waals surface area contributed by atoms with Gasteiger partial charge in [-0.2, -0.15) is 0 Å². The third-order valence-electron chi connectivity index (χ3n) is 2.21. The molecular formula is C11H7BrF2N2O. The van der Waals surface area contributed by atoms with Crippen molar-refractivity contribution < 1.29 is 8.78 Å². The molecule has 1 aromatic carbocycles. The van der Waals surface area contributed by atoms with Crippen molar-refractivity contribution in [3.05, 3.63) is 62.7 Å². The first-order chi connectivity index (χ1) is 8.08. The fraction of sp³-hybridized carbons (Fsp3) is 0.0909. The normalized spacial score (nSPS) is 10.5. The molecule has 1 aromatic heterocycles. The average Bonchev–Trinajstić information content (AvgIpc) is 2.30. The highest BCUT2D eigenvalue weighted by molar-refractivity contribution is 9.10. The summed E-state index contributed by atoms with van der Waals surface area (Å²) in [7, 11) is 0. The Balaban J connectivity index is 2.41. The molecule has 1 heterocycles. The largest absolute Gasteiger partial charge is 0.294 e. The summed E-state index contributed by atoms with van der Waals surface area (Å²) in [6.07, 6.45) is 2.62. The van der Waals surface area contributed by atoms with E-state index in [9.17, 15) is 13.6 Å². The number of nitrogens with zero attached hydrogens (tertiary/aromatic N) is 2. The predicted molar refractivity (Wildman–Crippen MR) is 61.7 cm³/mol. The molecule has 2 aromatic rings. The van der Waals surface area contributed by atoms with Gasteiger partial charge in [-0.05, 0) is 34.1 Å². The molecule has 88 valence electrons. The summed E-state index contributed by atoms with van der Waals surface area (Å²) in [5, 5.41) is 0. The molecule has 0 radical (unpaired) electrons. The van der Waals surface area contributed by atoms with Crippen LogP contribution < -0.4 is 5.56 Å². The highest BCUT2D eigenvalue weighted by Crippen LogP contribution is 2.10. The number of hydrogen-bond donors (Lipinski definition) is 0. The smallest absolute Gasteiger partial charge is 0.267 e. The first-order valence-electron chi connectivity index (χ1n) is 4.72. The van der Waals surface area contributed by atoms with E-state index < -0.39 is 11.6 Å². The molecule has 0 amide bonds. The van der Waals surface area contributed by atoms with E-state index in [0.29, 0.717) is 0 Å². The summed E-state index contributed by atoms with van der Waals surface area (Å²) in [5.41, 5.74) is -0.240. The Morgan fingerprint density at radius 2 is 2.12 bits per heavy atom. The summed E-state index contributed by atoms with van der Waals surface area (Å²) < 4.78 is 27.8. The van der Waals surface area contributed by atoms with Crippen LogP contribution in [0.1, 0.15) is 5.56 Å². The highest BCUT2D eigenvalue weighted by atomic mass is 79.9. The van der Waals surface area contributed by atoms with Gasteiger partial charge in [0, 0.05) is 11.8 Å². The quantitative estimate of drug-likeness (QED) is 0.853. The summed E-state index contributed by atoms with van der Waals surface area (Å²) in [4.78, 5) is 15.4. The van der Waals surface area contributed by atoms with Crippen molar-refractivity contribution in [2.45, 2.75) is 6.54 Å². The van der Waals surface area contributed by atoms with Crippen LogP contribution in [0, 0.1) is 11.6 Å². The number of benzene rings is 1. The molecule has 0 N–H and O–H groups in total.